The molecule has 0 aromatic carbocycles. The highest BCUT2D eigenvalue weighted by atomic mass is 14.5. The zero-order valence-corrected chi connectivity index (χ0v) is 10.9. The van der Waals surface area contributed by atoms with Crippen molar-refractivity contribution in [1.82, 2.24) is 0 Å². The number of rotatable bonds is 0. The van der Waals surface area contributed by atoms with Crippen LogP contribution in [0.25, 0.3) is 0 Å². The summed E-state index contributed by atoms with van der Waals surface area (Å²) >= 11 is 0. The minimum Gasteiger partial charge on any atom is -0.0660 e. The molecule has 1 saturated carbocycles. The van der Waals surface area contributed by atoms with E-state index in [0.717, 1.165) is 0 Å². The summed E-state index contributed by atoms with van der Waals surface area (Å²) in [5, 5.41) is 0. The van der Waals surface area contributed by atoms with Gasteiger partial charge in [0.05, 0.1) is 0 Å². The molecule has 3 aliphatic rings. The summed E-state index contributed by atoms with van der Waals surface area (Å²) < 4.78 is 0. The Bertz CT molecular complexity index is 361. The molecule has 0 amide bonds. The lowest BCUT2D eigenvalue weighted by Crippen LogP contribution is -2.29. The SMILES string of the molecule is CC1=C(C)C2=C(CCCC23CCCCC3)C1. The molecule has 0 saturated heterocycles. The van der Waals surface area contributed by atoms with Gasteiger partial charge in [-0.25, -0.2) is 0 Å². The Morgan fingerprint density at radius 1 is 0.875 bits per heavy atom. The highest BCUT2D eigenvalue weighted by Crippen LogP contribution is 2.56. The van der Waals surface area contributed by atoms with Crippen LogP contribution >= 0.6 is 0 Å². The average molecular weight is 216 g/mol. The van der Waals surface area contributed by atoms with E-state index >= 15 is 0 Å². The first-order valence-electron chi connectivity index (χ1n) is 7.12. The quantitative estimate of drug-likeness (QED) is 0.525. The molecular formula is C16H24. The van der Waals surface area contributed by atoms with E-state index in [9.17, 15) is 0 Å². The van der Waals surface area contributed by atoms with Crippen LogP contribution in [-0.4, -0.2) is 0 Å². The molecule has 0 nitrogen and oxygen atoms in total. The van der Waals surface area contributed by atoms with E-state index < -0.39 is 0 Å². The van der Waals surface area contributed by atoms with Crippen LogP contribution in [0.2, 0.25) is 0 Å². The molecule has 0 heteroatoms. The van der Waals surface area contributed by atoms with E-state index in [2.05, 4.69) is 13.8 Å². The third kappa shape index (κ3) is 1.42. The Morgan fingerprint density at radius 3 is 2.31 bits per heavy atom. The zero-order valence-electron chi connectivity index (χ0n) is 10.9. The molecule has 88 valence electrons. The van der Waals surface area contributed by atoms with E-state index in [1.54, 1.807) is 11.1 Å². The number of fused-ring (bicyclic) bond motifs is 1. The Hall–Kier alpha value is -0.520. The molecule has 0 bridgehead atoms. The largest absolute Gasteiger partial charge is 0.0660 e. The Balaban J connectivity index is 2.02. The third-order valence-corrected chi connectivity index (χ3v) is 5.32. The van der Waals surface area contributed by atoms with E-state index in [1.807, 2.05) is 11.1 Å². The molecule has 0 aliphatic heterocycles. The summed E-state index contributed by atoms with van der Waals surface area (Å²) in [6.45, 7) is 4.74. The van der Waals surface area contributed by atoms with Crippen molar-refractivity contribution in [3.63, 3.8) is 0 Å². The molecule has 16 heavy (non-hydrogen) atoms. The summed E-state index contributed by atoms with van der Waals surface area (Å²) in [6, 6.07) is 0. The molecule has 0 atom stereocenters. The first-order valence-corrected chi connectivity index (χ1v) is 7.12. The van der Waals surface area contributed by atoms with Gasteiger partial charge in [-0.15, -0.1) is 0 Å². The van der Waals surface area contributed by atoms with Crippen LogP contribution in [0, 0.1) is 5.41 Å². The van der Waals surface area contributed by atoms with Crippen molar-refractivity contribution in [3.8, 4) is 0 Å². The van der Waals surface area contributed by atoms with Gasteiger partial charge in [-0.2, -0.15) is 0 Å². The van der Waals surface area contributed by atoms with E-state index in [0.29, 0.717) is 5.41 Å². The molecular weight excluding hydrogens is 192 g/mol. The van der Waals surface area contributed by atoms with Crippen molar-refractivity contribution >= 4 is 0 Å². The monoisotopic (exact) mass is 216 g/mol. The predicted molar refractivity (Wildman–Crippen MR) is 69.4 cm³/mol. The first kappa shape index (κ1) is 10.6. The highest BCUT2D eigenvalue weighted by molar-refractivity contribution is 5.50. The van der Waals surface area contributed by atoms with Gasteiger partial charge < -0.3 is 0 Å². The smallest absolute Gasteiger partial charge is 0.00446 e. The molecule has 0 N–H and O–H groups in total. The lowest BCUT2D eigenvalue weighted by atomic mass is 9.62. The van der Waals surface area contributed by atoms with Crippen molar-refractivity contribution in [1.29, 1.82) is 0 Å². The average Bonchev–Trinajstić information content (AvgIpc) is 2.58. The summed E-state index contributed by atoms with van der Waals surface area (Å²) in [6.07, 6.45) is 13.0. The molecule has 1 spiro atoms. The number of hydrogen-bond acceptors (Lipinski definition) is 0. The summed E-state index contributed by atoms with van der Waals surface area (Å²) in [5.41, 5.74) is 7.64. The minimum atomic E-state index is 0.633. The Kier molecular flexibility index (Phi) is 2.49. The van der Waals surface area contributed by atoms with Crippen LogP contribution in [0.5, 0.6) is 0 Å². The van der Waals surface area contributed by atoms with Crippen LogP contribution in [0.4, 0.5) is 0 Å². The van der Waals surface area contributed by atoms with Gasteiger partial charge in [-0.05, 0) is 68.9 Å². The van der Waals surface area contributed by atoms with Crippen molar-refractivity contribution in [2.45, 2.75) is 71.6 Å². The molecule has 0 aromatic rings. The van der Waals surface area contributed by atoms with Crippen LogP contribution in [-0.2, 0) is 0 Å². The lowest BCUT2D eigenvalue weighted by Gasteiger charge is -2.43. The summed E-state index contributed by atoms with van der Waals surface area (Å²) in [7, 11) is 0. The standard InChI is InChI=1S/C16H24/c1-12-11-14-7-6-10-16(15(14)13(12)2)8-4-3-5-9-16/h3-11H2,1-2H3. The number of hydrogen-bond donors (Lipinski definition) is 0. The highest BCUT2D eigenvalue weighted by Gasteiger charge is 2.41. The number of allylic oxidation sites excluding steroid dienone is 4. The van der Waals surface area contributed by atoms with Crippen LogP contribution in [0.1, 0.15) is 71.6 Å². The van der Waals surface area contributed by atoms with E-state index in [-0.39, 0.29) is 0 Å². The second-order valence-corrected chi connectivity index (χ2v) is 6.26. The van der Waals surface area contributed by atoms with Gasteiger partial charge in [0, 0.05) is 0 Å². The van der Waals surface area contributed by atoms with Crippen molar-refractivity contribution < 1.29 is 0 Å². The van der Waals surface area contributed by atoms with Crippen molar-refractivity contribution in [3.05, 3.63) is 22.3 Å². The van der Waals surface area contributed by atoms with Gasteiger partial charge in [0.15, 0.2) is 0 Å². The summed E-state index contributed by atoms with van der Waals surface area (Å²) in [5.74, 6) is 0. The Labute approximate surface area is 99.8 Å². The fourth-order valence-electron chi connectivity index (χ4n) is 4.50. The Morgan fingerprint density at radius 2 is 1.56 bits per heavy atom. The molecule has 0 heterocycles. The second kappa shape index (κ2) is 3.75. The van der Waals surface area contributed by atoms with Gasteiger partial charge >= 0.3 is 0 Å². The van der Waals surface area contributed by atoms with Gasteiger partial charge in [0.25, 0.3) is 0 Å². The lowest BCUT2D eigenvalue weighted by molar-refractivity contribution is 0.208. The van der Waals surface area contributed by atoms with Gasteiger partial charge in [0.2, 0.25) is 0 Å². The maximum Gasteiger partial charge on any atom is -0.00446 e. The van der Waals surface area contributed by atoms with Gasteiger partial charge in [-0.1, -0.05) is 30.4 Å². The van der Waals surface area contributed by atoms with Crippen LogP contribution < -0.4 is 0 Å². The predicted octanol–water partition coefficient (Wildman–Crippen LogP) is 5.16. The van der Waals surface area contributed by atoms with Gasteiger partial charge in [-0.3, -0.25) is 0 Å². The fourth-order valence-corrected chi connectivity index (χ4v) is 4.50. The summed E-state index contributed by atoms with van der Waals surface area (Å²) in [4.78, 5) is 0. The molecule has 0 radical (unpaired) electrons. The molecule has 0 aromatic heterocycles. The molecule has 1 fully saturated rings. The molecule has 0 unspecified atom stereocenters. The molecule has 3 rings (SSSR count). The van der Waals surface area contributed by atoms with Crippen molar-refractivity contribution in [2.24, 2.45) is 5.41 Å². The maximum atomic E-state index is 2.39. The first-order chi connectivity index (χ1) is 7.73. The zero-order chi connectivity index (χ0) is 11.2. The normalized spacial score (nSPS) is 28.9. The topological polar surface area (TPSA) is 0 Å². The third-order valence-electron chi connectivity index (χ3n) is 5.32. The van der Waals surface area contributed by atoms with Gasteiger partial charge in [0.1, 0.15) is 0 Å². The van der Waals surface area contributed by atoms with Crippen LogP contribution in [0.3, 0.4) is 0 Å². The van der Waals surface area contributed by atoms with Crippen molar-refractivity contribution in [2.75, 3.05) is 0 Å². The van der Waals surface area contributed by atoms with E-state index in [4.69, 9.17) is 0 Å². The maximum absolute atomic E-state index is 2.39. The van der Waals surface area contributed by atoms with E-state index in [1.165, 1.54) is 57.8 Å². The minimum absolute atomic E-state index is 0.633. The fraction of sp³-hybridized carbons (Fsp3) is 0.750. The van der Waals surface area contributed by atoms with Crippen LogP contribution in [0.15, 0.2) is 22.3 Å². The second-order valence-electron chi connectivity index (χ2n) is 6.26. The molecule has 3 aliphatic carbocycles.